The molecular formula is C29H35N5O5S. The minimum atomic E-state index is -4.04. The molecule has 2 aromatic carbocycles. The number of primary amides is 1. The number of nitrogens with zero attached hydrogens (tertiary/aromatic N) is 3. The summed E-state index contributed by atoms with van der Waals surface area (Å²) in [7, 11) is -2.69. The normalized spacial score (nSPS) is 12.4. The van der Waals surface area contributed by atoms with E-state index in [2.05, 4.69) is 21.8 Å². The van der Waals surface area contributed by atoms with E-state index in [9.17, 15) is 13.2 Å². The summed E-state index contributed by atoms with van der Waals surface area (Å²) in [6.07, 6.45) is 2.24. The highest BCUT2D eigenvalue weighted by atomic mass is 32.2. The number of hydrogen-bond donors (Lipinski definition) is 2. The van der Waals surface area contributed by atoms with Crippen molar-refractivity contribution < 1.29 is 22.5 Å². The molecule has 0 saturated heterocycles. The van der Waals surface area contributed by atoms with Crippen molar-refractivity contribution in [1.82, 2.24) is 14.7 Å². The van der Waals surface area contributed by atoms with Gasteiger partial charge in [0.05, 0.1) is 5.69 Å². The van der Waals surface area contributed by atoms with Crippen molar-refractivity contribution in [3.63, 3.8) is 0 Å². The fourth-order valence-electron chi connectivity index (χ4n) is 4.72. The molecule has 0 fully saturated rings. The quantitative estimate of drug-likeness (QED) is 0.249. The summed E-state index contributed by atoms with van der Waals surface area (Å²) in [5.41, 5.74) is 9.14. The molecule has 2 heterocycles. The van der Waals surface area contributed by atoms with Crippen LogP contribution in [0.2, 0.25) is 0 Å². The monoisotopic (exact) mass is 565 g/mol. The van der Waals surface area contributed by atoms with E-state index in [-0.39, 0.29) is 5.82 Å². The van der Waals surface area contributed by atoms with Gasteiger partial charge in [0.25, 0.3) is 15.9 Å². The minimum Gasteiger partial charge on any atom is -0.364 e. The maximum Gasteiger partial charge on any atom is 0.267 e. The van der Waals surface area contributed by atoms with Crippen LogP contribution in [0.3, 0.4) is 0 Å². The largest absolute Gasteiger partial charge is 0.364 e. The molecule has 0 aliphatic heterocycles. The van der Waals surface area contributed by atoms with Crippen LogP contribution in [0.15, 0.2) is 53.1 Å². The molecule has 0 aliphatic carbocycles. The third kappa shape index (κ3) is 5.80. The molecule has 4 aromatic rings. The summed E-state index contributed by atoms with van der Waals surface area (Å²) in [4.78, 5) is 17.0. The third-order valence-corrected chi connectivity index (χ3v) is 8.36. The number of sulfonamides is 1. The van der Waals surface area contributed by atoms with Crippen molar-refractivity contribution in [3.05, 3.63) is 88.2 Å². The fourth-order valence-corrected chi connectivity index (χ4v) is 6.08. The molecule has 0 aliphatic rings. The Balaban J connectivity index is 1.66. The highest BCUT2D eigenvalue weighted by Crippen LogP contribution is 2.34. The topological polar surface area (TPSA) is 142 Å². The third-order valence-electron chi connectivity index (χ3n) is 6.87. The van der Waals surface area contributed by atoms with Gasteiger partial charge in [-0.3, -0.25) is 9.52 Å². The van der Waals surface area contributed by atoms with Crippen molar-refractivity contribution >= 4 is 21.7 Å². The highest BCUT2D eigenvalue weighted by molar-refractivity contribution is 7.92. The number of benzene rings is 2. The van der Waals surface area contributed by atoms with Gasteiger partial charge in [0.2, 0.25) is 5.44 Å². The number of ether oxygens (including phenoxy) is 1. The summed E-state index contributed by atoms with van der Waals surface area (Å²) in [5.74, 6) is 0.998. The lowest BCUT2D eigenvalue weighted by Crippen LogP contribution is -2.24. The van der Waals surface area contributed by atoms with Crippen molar-refractivity contribution in [3.8, 4) is 11.1 Å². The molecule has 0 radical (unpaired) electrons. The Hall–Kier alpha value is -3.96. The fraction of sp³-hybridized carbons (Fsp3) is 0.345. The molecule has 212 valence electrons. The first-order valence-electron chi connectivity index (χ1n) is 13.1. The van der Waals surface area contributed by atoms with Crippen molar-refractivity contribution in [2.24, 2.45) is 5.73 Å². The Morgan fingerprint density at radius 3 is 2.40 bits per heavy atom. The molecule has 2 aromatic heterocycles. The lowest BCUT2D eigenvalue weighted by molar-refractivity contribution is 0.0990. The molecule has 40 heavy (non-hydrogen) atoms. The zero-order chi connectivity index (χ0) is 29.0. The van der Waals surface area contributed by atoms with Gasteiger partial charge in [-0.05, 0) is 43.4 Å². The first-order valence-corrected chi connectivity index (χ1v) is 14.7. The number of aromatic nitrogens is 3. The minimum absolute atomic E-state index is 0.130. The zero-order valence-corrected chi connectivity index (χ0v) is 24.2. The SMILES string of the molecule is CCCc1nc(CC)c(C(N)=O)n1Cc1ccc(-c2ccccc2C(OC)S(=O)(=O)Nc2noc(C)c2C)cc1. The van der Waals surface area contributed by atoms with Crippen molar-refractivity contribution in [1.29, 1.82) is 0 Å². The first-order chi connectivity index (χ1) is 19.1. The number of aryl methyl sites for hydroxylation is 3. The van der Waals surface area contributed by atoms with Crippen molar-refractivity contribution in [2.45, 2.75) is 58.9 Å². The molecule has 1 atom stereocenters. The Kier molecular flexibility index (Phi) is 8.75. The summed E-state index contributed by atoms with van der Waals surface area (Å²) in [6, 6.07) is 14.9. The second-order valence-electron chi connectivity index (χ2n) is 9.59. The Morgan fingerprint density at radius 2 is 1.82 bits per heavy atom. The molecule has 1 amide bonds. The van der Waals surface area contributed by atoms with Crippen LogP contribution in [0, 0.1) is 13.8 Å². The van der Waals surface area contributed by atoms with Crippen LogP contribution in [-0.4, -0.2) is 36.1 Å². The maximum atomic E-state index is 13.4. The molecule has 3 N–H and O–H groups in total. The predicted molar refractivity (Wildman–Crippen MR) is 153 cm³/mol. The van der Waals surface area contributed by atoms with Gasteiger partial charge in [0.1, 0.15) is 17.3 Å². The summed E-state index contributed by atoms with van der Waals surface area (Å²) in [6.45, 7) is 7.90. The first kappa shape index (κ1) is 29.0. The van der Waals surface area contributed by atoms with Crippen LogP contribution in [0.25, 0.3) is 11.1 Å². The van der Waals surface area contributed by atoms with Crippen LogP contribution in [0.5, 0.6) is 0 Å². The smallest absolute Gasteiger partial charge is 0.267 e. The van der Waals surface area contributed by atoms with Gasteiger partial charge >= 0.3 is 0 Å². The van der Waals surface area contributed by atoms with Crippen LogP contribution in [0.4, 0.5) is 5.82 Å². The average Bonchev–Trinajstić information content (AvgIpc) is 3.44. The van der Waals surface area contributed by atoms with Crippen LogP contribution < -0.4 is 10.5 Å². The van der Waals surface area contributed by atoms with Gasteiger partial charge in [-0.25, -0.2) is 13.4 Å². The van der Waals surface area contributed by atoms with E-state index in [4.69, 9.17) is 15.0 Å². The number of hydrogen-bond acceptors (Lipinski definition) is 7. The predicted octanol–water partition coefficient (Wildman–Crippen LogP) is 4.90. The molecule has 11 heteroatoms. The Labute approximate surface area is 234 Å². The summed E-state index contributed by atoms with van der Waals surface area (Å²) in [5, 5.41) is 3.82. The Morgan fingerprint density at radius 1 is 1.12 bits per heavy atom. The van der Waals surface area contributed by atoms with E-state index >= 15 is 0 Å². The van der Waals surface area contributed by atoms with Gasteiger partial charge in [-0.1, -0.05) is 67.5 Å². The number of imidazole rings is 1. The number of carbonyl (C=O) groups is 1. The summed E-state index contributed by atoms with van der Waals surface area (Å²) >= 11 is 0. The van der Waals surface area contributed by atoms with E-state index < -0.39 is 21.4 Å². The maximum absolute atomic E-state index is 13.4. The van der Waals surface area contributed by atoms with E-state index in [1.54, 1.807) is 26.0 Å². The number of amides is 1. The van der Waals surface area contributed by atoms with Crippen molar-refractivity contribution in [2.75, 3.05) is 11.8 Å². The molecule has 0 spiro atoms. The molecule has 4 rings (SSSR count). The van der Waals surface area contributed by atoms with Gasteiger partial charge < -0.3 is 19.6 Å². The number of nitrogens with one attached hydrogen (secondary N) is 1. The number of nitrogens with two attached hydrogens (primary N) is 1. The van der Waals surface area contributed by atoms with Gasteiger partial charge in [-0.2, -0.15) is 0 Å². The number of carbonyl (C=O) groups excluding carboxylic acids is 1. The van der Waals surface area contributed by atoms with E-state index in [1.165, 1.54) is 7.11 Å². The summed E-state index contributed by atoms with van der Waals surface area (Å²) < 4.78 is 41.8. The van der Waals surface area contributed by atoms with E-state index in [0.29, 0.717) is 46.8 Å². The molecular weight excluding hydrogens is 530 g/mol. The Bertz CT molecular complexity index is 1610. The standard InChI is InChI=1S/C29H35N5O5S/c1-6-10-25-31-24(7-2)26(27(30)35)34(25)17-20-13-15-21(16-14-20)22-11-8-9-12-23(22)29(38-5)40(36,37)33-28-18(3)19(4)39-32-28/h8-9,11-16,29H,6-7,10,17H2,1-5H3,(H2,30,35)(H,32,33). The van der Waals surface area contributed by atoms with E-state index in [0.717, 1.165) is 29.8 Å². The number of rotatable bonds is 12. The van der Waals surface area contributed by atoms with Gasteiger partial charge in [-0.15, -0.1) is 0 Å². The van der Waals surface area contributed by atoms with E-state index in [1.807, 2.05) is 47.9 Å². The highest BCUT2D eigenvalue weighted by Gasteiger charge is 2.31. The lowest BCUT2D eigenvalue weighted by atomic mass is 9.99. The number of anilines is 1. The van der Waals surface area contributed by atoms with Gasteiger partial charge in [0, 0.05) is 31.2 Å². The molecule has 1 unspecified atom stereocenters. The zero-order valence-electron chi connectivity index (χ0n) is 23.4. The second kappa shape index (κ2) is 12.1. The van der Waals surface area contributed by atoms with Crippen LogP contribution in [0.1, 0.15) is 70.2 Å². The average molecular weight is 566 g/mol. The second-order valence-corrected chi connectivity index (χ2v) is 11.3. The molecule has 0 bridgehead atoms. The lowest BCUT2D eigenvalue weighted by Gasteiger charge is -2.20. The van der Waals surface area contributed by atoms with Gasteiger partial charge in [0.15, 0.2) is 5.82 Å². The molecule has 10 nitrogen and oxygen atoms in total. The number of methoxy groups -OCH3 is 1. The molecule has 0 saturated carbocycles. The van der Waals surface area contributed by atoms with Crippen LogP contribution >= 0.6 is 0 Å². The van der Waals surface area contributed by atoms with Crippen LogP contribution in [-0.2, 0) is 34.1 Å².